The van der Waals surface area contributed by atoms with Gasteiger partial charge < -0.3 is 9.84 Å². The second kappa shape index (κ2) is 7.17. The first kappa shape index (κ1) is 11.5. The van der Waals surface area contributed by atoms with E-state index in [9.17, 15) is 9.59 Å². The molecule has 0 aliphatic heterocycles. The van der Waals surface area contributed by atoms with E-state index in [1.807, 2.05) is 6.92 Å². The van der Waals surface area contributed by atoms with Gasteiger partial charge in [-0.3, -0.25) is 9.59 Å². The molecule has 13 heavy (non-hydrogen) atoms. The van der Waals surface area contributed by atoms with Crippen molar-refractivity contribution in [1.82, 2.24) is 0 Å². The number of aliphatic carboxylic acids is 1. The van der Waals surface area contributed by atoms with E-state index in [1.54, 1.807) is 0 Å². The van der Waals surface area contributed by atoms with E-state index in [0.717, 1.165) is 6.42 Å². The highest BCUT2D eigenvalue weighted by molar-refractivity contribution is 5.90. The minimum absolute atomic E-state index is 0.166. The number of hydrogen-bond donors (Lipinski definition) is 1. The molecule has 0 heterocycles. The topological polar surface area (TPSA) is 63.6 Å². The third kappa shape index (κ3) is 8.41. The van der Waals surface area contributed by atoms with Gasteiger partial charge in [0.25, 0.3) is 0 Å². The third-order valence-electron chi connectivity index (χ3n) is 1.09. The fraction of sp³-hybridized carbons (Fsp3) is 0.556. The molecule has 0 aliphatic carbocycles. The van der Waals surface area contributed by atoms with E-state index >= 15 is 0 Å². The van der Waals surface area contributed by atoms with Gasteiger partial charge >= 0.3 is 11.9 Å². The van der Waals surface area contributed by atoms with E-state index in [2.05, 4.69) is 16.6 Å². The SMILES string of the molecule is CCC#CCCOC(=O)CC(=O)O. The zero-order chi connectivity index (χ0) is 10.1. The molecule has 4 nitrogen and oxygen atoms in total. The maximum absolute atomic E-state index is 10.6. The highest BCUT2D eigenvalue weighted by Crippen LogP contribution is 1.88. The zero-order valence-electron chi connectivity index (χ0n) is 7.50. The molecule has 0 aromatic carbocycles. The molecule has 1 N–H and O–H groups in total. The Morgan fingerprint density at radius 1 is 1.38 bits per heavy atom. The third-order valence-corrected chi connectivity index (χ3v) is 1.09. The van der Waals surface area contributed by atoms with Gasteiger partial charge in [0, 0.05) is 12.8 Å². The molecule has 0 amide bonds. The van der Waals surface area contributed by atoms with Gasteiger partial charge in [-0.05, 0) is 0 Å². The molecule has 0 atom stereocenters. The smallest absolute Gasteiger partial charge is 0.317 e. The molecular formula is C9H12O4. The molecule has 0 radical (unpaired) electrons. The van der Waals surface area contributed by atoms with Gasteiger partial charge in [-0.2, -0.15) is 0 Å². The lowest BCUT2D eigenvalue weighted by molar-refractivity contribution is -0.151. The van der Waals surface area contributed by atoms with Crippen molar-refractivity contribution in [3.63, 3.8) is 0 Å². The maximum atomic E-state index is 10.6. The predicted molar refractivity (Wildman–Crippen MR) is 45.9 cm³/mol. The number of carbonyl (C=O) groups is 2. The number of rotatable bonds is 4. The summed E-state index contributed by atoms with van der Waals surface area (Å²) >= 11 is 0. The van der Waals surface area contributed by atoms with Crippen LogP contribution in [0.3, 0.4) is 0 Å². The normalized spacial score (nSPS) is 8.38. The summed E-state index contributed by atoms with van der Waals surface area (Å²) < 4.78 is 4.58. The highest BCUT2D eigenvalue weighted by Gasteiger charge is 2.07. The fourth-order valence-electron chi connectivity index (χ4n) is 0.604. The monoisotopic (exact) mass is 184 g/mol. The first-order valence-electron chi connectivity index (χ1n) is 4.00. The van der Waals surface area contributed by atoms with Crippen LogP contribution in [0.25, 0.3) is 0 Å². The van der Waals surface area contributed by atoms with Crippen molar-refractivity contribution in [2.45, 2.75) is 26.2 Å². The quantitative estimate of drug-likeness (QED) is 0.304. The van der Waals surface area contributed by atoms with Crippen molar-refractivity contribution in [2.24, 2.45) is 0 Å². The molecule has 0 fully saturated rings. The summed E-state index contributed by atoms with van der Waals surface area (Å²) in [6.07, 6.45) is 0.642. The van der Waals surface area contributed by atoms with Crippen LogP contribution in [0.1, 0.15) is 26.2 Å². The highest BCUT2D eigenvalue weighted by atomic mass is 16.5. The minimum Gasteiger partial charge on any atom is -0.481 e. The average molecular weight is 184 g/mol. The summed E-state index contributed by atoms with van der Waals surface area (Å²) in [6.45, 7) is 2.09. The van der Waals surface area contributed by atoms with Crippen molar-refractivity contribution in [2.75, 3.05) is 6.61 Å². The maximum Gasteiger partial charge on any atom is 0.317 e. The van der Waals surface area contributed by atoms with Gasteiger partial charge in [-0.15, -0.1) is 5.92 Å². The lowest BCUT2D eigenvalue weighted by atomic mass is 10.4. The Morgan fingerprint density at radius 2 is 2.08 bits per heavy atom. The van der Waals surface area contributed by atoms with Crippen LogP contribution in [-0.4, -0.2) is 23.7 Å². The fourth-order valence-corrected chi connectivity index (χ4v) is 0.604. The minimum atomic E-state index is -1.18. The summed E-state index contributed by atoms with van der Waals surface area (Å²) in [6, 6.07) is 0. The van der Waals surface area contributed by atoms with Crippen LogP contribution < -0.4 is 0 Å². The summed E-state index contributed by atoms with van der Waals surface area (Å²) in [5.74, 6) is 3.68. The Labute approximate surface area is 76.9 Å². The van der Waals surface area contributed by atoms with E-state index in [4.69, 9.17) is 5.11 Å². The zero-order valence-corrected chi connectivity index (χ0v) is 7.50. The van der Waals surface area contributed by atoms with Gasteiger partial charge in [0.2, 0.25) is 0 Å². The number of esters is 1. The van der Waals surface area contributed by atoms with Crippen LogP contribution in [0.4, 0.5) is 0 Å². The molecule has 0 aliphatic rings. The number of carbonyl (C=O) groups excluding carboxylic acids is 1. The predicted octanol–water partition coefficient (Wildman–Crippen LogP) is 0.808. The summed E-state index contributed by atoms with van der Waals surface area (Å²) in [5.41, 5.74) is 0. The van der Waals surface area contributed by atoms with Gasteiger partial charge in [-0.1, -0.05) is 12.8 Å². The molecule has 0 unspecified atom stereocenters. The Morgan fingerprint density at radius 3 is 2.62 bits per heavy atom. The first-order valence-corrected chi connectivity index (χ1v) is 4.00. The van der Waals surface area contributed by atoms with Crippen LogP contribution in [0.15, 0.2) is 0 Å². The van der Waals surface area contributed by atoms with E-state index < -0.39 is 18.4 Å². The van der Waals surface area contributed by atoms with Gasteiger partial charge in [0.15, 0.2) is 0 Å². The Balaban J connectivity index is 3.42. The molecule has 4 heteroatoms. The van der Waals surface area contributed by atoms with Crippen LogP contribution in [0, 0.1) is 11.8 Å². The Kier molecular flexibility index (Phi) is 6.34. The van der Waals surface area contributed by atoms with Gasteiger partial charge in [0.1, 0.15) is 13.0 Å². The van der Waals surface area contributed by atoms with Gasteiger partial charge in [0.05, 0.1) is 0 Å². The van der Waals surface area contributed by atoms with E-state index in [1.165, 1.54) is 0 Å². The molecular weight excluding hydrogens is 172 g/mol. The van der Waals surface area contributed by atoms with Crippen LogP contribution in [-0.2, 0) is 14.3 Å². The van der Waals surface area contributed by atoms with Gasteiger partial charge in [-0.25, -0.2) is 0 Å². The second-order valence-electron chi connectivity index (χ2n) is 2.25. The number of hydrogen-bond acceptors (Lipinski definition) is 3. The Hall–Kier alpha value is -1.50. The molecule has 0 aromatic heterocycles. The Bertz CT molecular complexity index is 234. The summed E-state index contributed by atoms with van der Waals surface area (Å²) in [5, 5.41) is 8.20. The van der Waals surface area contributed by atoms with E-state index in [0.29, 0.717) is 6.42 Å². The van der Waals surface area contributed by atoms with Crippen molar-refractivity contribution in [3.8, 4) is 11.8 Å². The van der Waals surface area contributed by atoms with Crippen molar-refractivity contribution in [3.05, 3.63) is 0 Å². The van der Waals surface area contributed by atoms with Crippen LogP contribution >= 0.6 is 0 Å². The lowest BCUT2D eigenvalue weighted by Crippen LogP contribution is -2.10. The second-order valence-corrected chi connectivity index (χ2v) is 2.25. The van der Waals surface area contributed by atoms with Crippen LogP contribution in [0.5, 0.6) is 0 Å². The lowest BCUT2D eigenvalue weighted by Gasteiger charge is -1.98. The largest absolute Gasteiger partial charge is 0.481 e. The molecule has 0 saturated carbocycles. The standard InChI is InChI=1S/C9H12O4/c1-2-3-4-5-6-13-9(12)7-8(10)11/h2,5-7H2,1H3,(H,10,11). The molecule has 0 aromatic rings. The molecule has 72 valence electrons. The molecule has 0 rings (SSSR count). The van der Waals surface area contributed by atoms with Crippen molar-refractivity contribution in [1.29, 1.82) is 0 Å². The van der Waals surface area contributed by atoms with Crippen molar-refractivity contribution < 1.29 is 19.4 Å². The number of carboxylic acid groups (broad SMARTS) is 1. The van der Waals surface area contributed by atoms with Crippen LogP contribution in [0.2, 0.25) is 0 Å². The summed E-state index contributed by atoms with van der Waals surface area (Å²) in [4.78, 5) is 20.7. The number of carboxylic acids is 1. The summed E-state index contributed by atoms with van der Waals surface area (Å²) in [7, 11) is 0. The first-order chi connectivity index (χ1) is 6.16. The molecule has 0 bridgehead atoms. The van der Waals surface area contributed by atoms with Crippen molar-refractivity contribution >= 4 is 11.9 Å². The molecule has 0 spiro atoms. The molecule has 0 saturated heterocycles. The number of ether oxygens (including phenoxy) is 1. The van der Waals surface area contributed by atoms with E-state index in [-0.39, 0.29) is 6.61 Å². The average Bonchev–Trinajstić information content (AvgIpc) is 2.02.